The molecule has 2 N–H and O–H groups in total. The smallest absolute Gasteiger partial charge is 0.326 e. The van der Waals surface area contributed by atoms with Gasteiger partial charge in [0.1, 0.15) is 6.04 Å². The van der Waals surface area contributed by atoms with Crippen LogP contribution in [-0.2, 0) is 20.7 Å². The summed E-state index contributed by atoms with van der Waals surface area (Å²) in [6, 6.07) is 15.4. The van der Waals surface area contributed by atoms with Crippen LogP contribution in [0.1, 0.15) is 17.2 Å². The van der Waals surface area contributed by atoms with Gasteiger partial charge in [-0.25, -0.2) is 4.79 Å². The van der Waals surface area contributed by atoms with Crippen LogP contribution in [0.2, 0.25) is 0 Å². The molecule has 0 fully saturated rings. The highest BCUT2D eigenvalue weighted by Gasteiger charge is 2.26. The molecule has 2 atom stereocenters. The first kappa shape index (κ1) is 18.4. The first-order valence-corrected chi connectivity index (χ1v) is 8.45. The van der Waals surface area contributed by atoms with E-state index in [1.165, 1.54) is 7.11 Å². The number of nitrogens with one attached hydrogen (secondary N) is 1. The quantitative estimate of drug-likeness (QED) is 0.651. The molecule has 0 radical (unpaired) electrons. The molecule has 0 heterocycles. The number of benzene rings is 2. The van der Waals surface area contributed by atoms with Crippen molar-refractivity contribution in [2.75, 3.05) is 7.11 Å². The standard InChI is InChI=1S/C18H18INO4/c1-24-16(12-7-3-2-4-8-12)17(21)20-15(18(22)23)11-13-9-5-6-10-14(13)19/h2-10,15-16H,11H2,1H3,(H,20,21)(H,22,23)/t15-,16-/m1/s1. The fraction of sp³-hybridized carbons (Fsp3) is 0.222. The van der Waals surface area contributed by atoms with Crippen molar-refractivity contribution in [3.8, 4) is 0 Å². The fourth-order valence-electron chi connectivity index (χ4n) is 2.35. The summed E-state index contributed by atoms with van der Waals surface area (Å²) in [4.78, 5) is 24.0. The third kappa shape index (κ3) is 4.78. The van der Waals surface area contributed by atoms with Crippen molar-refractivity contribution in [3.05, 3.63) is 69.3 Å². The van der Waals surface area contributed by atoms with E-state index in [2.05, 4.69) is 27.9 Å². The van der Waals surface area contributed by atoms with Gasteiger partial charge < -0.3 is 15.2 Å². The molecule has 24 heavy (non-hydrogen) atoms. The van der Waals surface area contributed by atoms with Crippen LogP contribution in [0.5, 0.6) is 0 Å². The molecule has 1 amide bonds. The zero-order chi connectivity index (χ0) is 17.5. The molecule has 2 aromatic rings. The number of ether oxygens (including phenoxy) is 1. The Bertz CT molecular complexity index is 705. The van der Waals surface area contributed by atoms with Crippen molar-refractivity contribution in [1.82, 2.24) is 5.32 Å². The topological polar surface area (TPSA) is 75.6 Å². The molecular formula is C18H18INO4. The Morgan fingerprint density at radius 1 is 1.12 bits per heavy atom. The van der Waals surface area contributed by atoms with Gasteiger partial charge in [-0.2, -0.15) is 0 Å². The van der Waals surface area contributed by atoms with Crippen LogP contribution in [0.3, 0.4) is 0 Å². The molecule has 0 saturated carbocycles. The number of carbonyl (C=O) groups is 2. The normalized spacial score (nSPS) is 13.1. The number of hydrogen-bond acceptors (Lipinski definition) is 3. The van der Waals surface area contributed by atoms with Gasteiger partial charge in [0.25, 0.3) is 5.91 Å². The summed E-state index contributed by atoms with van der Waals surface area (Å²) in [7, 11) is 1.42. The minimum absolute atomic E-state index is 0.214. The third-order valence-corrected chi connectivity index (χ3v) is 4.63. The Labute approximate surface area is 154 Å². The van der Waals surface area contributed by atoms with E-state index in [0.29, 0.717) is 5.56 Å². The maximum Gasteiger partial charge on any atom is 0.326 e. The molecule has 2 aromatic carbocycles. The molecule has 0 unspecified atom stereocenters. The van der Waals surface area contributed by atoms with Crippen LogP contribution in [0.15, 0.2) is 54.6 Å². The van der Waals surface area contributed by atoms with Crippen LogP contribution < -0.4 is 5.32 Å². The van der Waals surface area contributed by atoms with Gasteiger partial charge in [-0.1, -0.05) is 48.5 Å². The highest BCUT2D eigenvalue weighted by Crippen LogP contribution is 2.18. The van der Waals surface area contributed by atoms with E-state index in [1.54, 1.807) is 24.3 Å². The lowest BCUT2D eigenvalue weighted by atomic mass is 10.0. The number of methoxy groups -OCH3 is 1. The SMILES string of the molecule is CO[C@@H](C(=O)N[C@H](Cc1ccccc1I)C(=O)O)c1ccccc1. The molecule has 0 aliphatic carbocycles. The summed E-state index contributed by atoms with van der Waals surface area (Å²) >= 11 is 2.15. The number of carboxylic acids is 1. The number of aliphatic carboxylic acids is 1. The molecule has 126 valence electrons. The van der Waals surface area contributed by atoms with E-state index < -0.39 is 24.0 Å². The van der Waals surface area contributed by atoms with Crippen molar-refractivity contribution in [2.24, 2.45) is 0 Å². The highest BCUT2D eigenvalue weighted by atomic mass is 127. The van der Waals surface area contributed by atoms with Crippen LogP contribution in [0.25, 0.3) is 0 Å². The Morgan fingerprint density at radius 3 is 2.33 bits per heavy atom. The second-order valence-electron chi connectivity index (χ2n) is 5.22. The van der Waals surface area contributed by atoms with E-state index in [9.17, 15) is 14.7 Å². The molecule has 0 saturated heterocycles. The first-order valence-electron chi connectivity index (χ1n) is 7.37. The number of rotatable bonds is 7. The number of carboxylic acid groups (broad SMARTS) is 1. The fourth-order valence-corrected chi connectivity index (χ4v) is 2.96. The molecule has 2 rings (SSSR count). The summed E-state index contributed by atoms with van der Waals surface area (Å²) < 4.78 is 6.21. The van der Waals surface area contributed by atoms with Crippen LogP contribution >= 0.6 is 22.6 Å². The van der Waals surface area contributed by atoms with E-state index >= 15 is 0 Å². The van der Waals surface area contributed by atoms with Gasteiger partial charge >= 0.3 is 5.97 Å². The summed E-state index contributed by atoms with van der Waals surface area (Å²) in [6.07, 6.45) is -0.631. The molecule has 0 aliphatic rings. The zero-order valence-corrected chi connectivity index (χ0v) is 15.3. The number of halogens is 1. The van der Waals surface area contributed by atoms with Crippen LogP contribution in [0, 0.1) is 3.57 Å². The van der Waals surface area contributed by atoms with Gasteiger partial charge in [0.15, 0.2) is 6.10 Å². The Morgan fingerprint density at radius 2 is 1.75 bits per heavy atom. The van der Waals surface area contributed by atoms with E-state index in [1.807, 2.05) is 30.3 Å². The van der Waals surface area contributed by atoms with Gasteiger partial charge in [-0.05, 0) is 39.8 Å². The van der Waals surface area contributed by atoms with Crippen molar-refractivity contribution < 1.29 is 19.4 Å². The summed E-state index contributed by atoms with van der Waals surface area (Å²) in [5, 5.41) is 12.0. The number of carbonyl (C=O) groups excluding carboxylic acids is 1. The lowest BCUT2D eigenvalue weighted by Gasteiger charge is -2.20. The Balaban J connectivity index is 2.13. The second-order valence-corrected chi connectivity index (χ2v) is 6.38. The largest absolute Gasteiger partial charge is 0.480 e. The maximum atomic E-state index is 12.5. The lowest BCUT2D eigenvalue weighted by molar-refractivity contribution is -0.144. The average Bonchev–Trinajstić information content (AvgIpc) is 2.57. The minimum Gasteiger partial charge on any atom is -0.480 e. The van der Waals surface area contributed by atoms with Crippen LogP contribution in [-0.4, -0.2) is 30.1 Å². The van der Waals surface area contributed by atoms with E-state index in [-0.39, 0.29) is 6.42 Å². The Kier molecular flexibility index (Phi) is 6.74. The van der Waals surface area contributed by atoms with Gasteiger partial charge in [0.05, 0.1) is 0 Å². The van der Waals surface area contributed by atoms with Gasteiger partial charge in [-0.15, -0.1) is 0 Å². The molecule has 0 aromatic heterocycles. The number of hydrogen-bond donors (Lipinski definition) is 2. The van der Waals surface area contributed by atoms with Gasteiger partial charge in [-0.3, -0.25) is 4.79 Å². The van der Waals surface area contributed by atoms with Crippen molar-refractivity contribution in [1.29, 1.82) is 0 Å². The van der Waals surface area contributed by atoms with Gasteiger partial charge in [0, 0.05) is 17.1 Å². The van der Waals surface area contributed by atoms with E-state index in [0.717, 1.165) is 9.13 Å². The summed E-state index contributed by atoms with van der Waals surface area (Å²) in [5.74, 6) is -1.55. The highest BCUT2D eigenvalue weighted by molar-refractivity contribution is 14.1. The molecule has 0 aliphatic heterocycles. The second kappa shape index (κ2) is 8.79. The summed E-state index contributed by atoms with van der Waals surface area (Å²) in [6.45, 7) is 0. The van der Waals surface area contributed by atoms with Crippen molar-refractivity contribution in [3.63, 3.8) is 0 Å². The van der Waals surface area contributed by atoms with E-state index in [4.69, 9.17) is 4.74 Å². The zero-order valence-electron chi connectivity index (χ0n) is 13.1. The average molecular weight is 439 g/mol. The predicted octanol–water partition coefficient (Wildman–Crippen LogP) is 2.79. The van der Waals surface area contributed by atoms with Crippen molar-refractivity contribution in [2.45, 2.75) is 18.6 Å². The first-order chi connectivity index (χ1) is 11.5. The molecule has 0 bridgehead atoms. The Hall–Kier alpha value is -1.93. The number of amides is 1. The third-order valence-electron chi connectivity index (χ3n) is 3.57. The maximum absolute atomic E-state index is 12.5. The lowest BCUT2D eigenvalue weighted by Crippen LogP contribution is -2.44. The van der Waals surface area contributed by atoms with Crippen LogP contribution in [0.4, 0.5) is 0 Å². The molecule has 0 spiro atoms. The molecular weight excluding hydrogens is 421 g/mol. The molecule has 5 nitrogen and oxygen atoms in total. The summed E-state index contributed by atoms with van der Waals surface area (Å²) in [5.41, 5.74) is 1.55. The van der Waals surface area contributed by atoms with Gasteiger partial charge in [0.2, 0.25) is 0 Å². The van der Waals surface area contributed by atoms with Crippen molar-refractivity contribution >= 4 is 34.5 Å². The molecule has 6 heteroatoms. The predicted molar refractivity (Wildman–Crippen MR) is 98.6 cm³/mol. The minimum atomic E-state index is -1.08. The monoisotopic (exact) mass is 439 g/mol.